The van der Waals surface area contributed by atoms with Gasteiger partial charge in [0, 0.05) is 5.71 Å². The highest BCUT2D eigenvalue weighted by atomic mass is 32.1. The van der Waals surface area contributed by atoms with Crippen LogP contribution in [0.5, 0.6) is 0 Å². The van der Waals surface area contributed by atoms with E-state index in [0.717, 1.165) is 24.7 Å². The summed E-state index contributed by atoms with van der Waals surface area (Å²) in [6.07, 6.45) is 2.18. The van der Waals surface area contributed by atoms with Crippen molar-refractivity contribution < 1.29 is 0 Å². The molecule has 1 saturated carbocycles. The monoisotopic (exact) mass is 185 g/mol. The maximum atomic E-state index is 5.23. The lowest BCUT2D eigenvalue weighted by Gasteiger charge is -2.30. The Hall–Kier alpha value is -0.640. The number of rotatable bonds is 2. The van der Waals surface area contributed by atoms with Crippen LogP contribution in [-0.4, -0.2) is 10.8 Å². The highest BCUT2D eigenvalue weighted by molar-refractivity contribution is 7.80. The molecule has 0 heterocycles. The number of nitrogens with zero attached hydrogens (tertiary/aromatic N) is 1. The largest absolute Gasteiger partial charge is 0.375 e. The molecule has 0 aromatic heterocycles. The Bertz CT molecular complexity index is 202. The Kier molecular flexibility index (Phi) is 3.03. The number of thiocarbonyl (C=S) groups is 1. The molecule has 0 amide bonds. The van der Waals surface area contributed by atoms with Crippen LogP contribution in [0.2, 0.25) is 0 Å². The molecule has 1 fully saturated rings. The maximum Gasteiger partial charge on any atom is 0.184 e. The van der Waals surface area contributed by atoms with Crippen molar-refractivity contribution in [3.05, 3.63) is 0 Å². The van der Waals surface area contributed by atoms with E-state index in [2.05, 4.69) is 36.6 Å². The molecule has 12 heavy (non-hydrogen) atoms. The zero-order valence-corrected chi connectivity index (χ0v) is 8.32. The molecule has 68 valence electrons. The highest BCUT2D eigenvalue weighted by Gasteiger charge is 2.27. The van der Waals surface area contributed by atoms with Gasteiger partial charge in [0.05, 0.1) is 0 Å². The minimum atomic E-state index is 0.246. The second kappa shape index (κ2) is 3.85. The summed E-state index contributed by atoms with van der Waals surface area (Å²) in [5.41, 5.74) is 9.01. The van der Waals surface area contributed by atoms with Crippen molar-refractivity contribution >= 4 is 23.0 Å². The molecule has 3 nitrogen and oxygen atoms in total. The molecule has 0 aliphatic heterocycles. The van der Waals surface area contributed by atoms with Gasteiger partial charge in [-0.25, -0.2) is 0 Å². The first-order chi connectivity index (χ1) is 5.59. The number of nitrogens with two attached hydrogens (primary N) is 1. The quantitative estimate of drug-likeness (QED) is 0.503. The lowest BCUT2D eigenvalue weighted by molar-refractivity contribution is 0.362. The van der Waals surface area contributed by atoms with Crippen LogP contribution in [0.3, 0.4) is 0 Å². The van der Waals surface area contributed by atoms with Gasteiger partial charge in [-0.3, -0.25) is 5.43 Å². The van der Waals surface area contributed by atoms with Crippen molar-refractivity contribution in [3.63, 3.8) is 0 Å². The Labute approximate surface area is 78.4 Å². The average molecular weight is 185 g/mol. The Morgan fingerprint density at radius 1 is 1.67 bits per heavy atom. The van der Waals surface area contributed by atoms with Gasteiger partial charge >= 0.3 is 0 Å². The normalized spacial score (nSPS) is 21.9. The molecule has 0 aromatic rings. The summed E-state index contributed by atoms with van der Waals surface area (Å²) in [5, 5.41) is 4.31. The van der Waals surface area contributed by atoms with Crippen LogP contribution in [0.15, 0.2) is 5.10 Å². The third kappa shape index (κ3) is 2.44. The lowest BCUT2D eigenvalue weighted by atomic mass is 9.76. The molecule has 4 heteroatoms. The van der Waals surface area contributed by atoms with Crippen LogP contribution in [0.1, 0.15) is 26.7 Å². The summed E-state index contributed by atoms with van der Waals surface area (Å²) in [5.74, 6) is 1.56. The van der Waals surface area contributed by atoms with Gasteiger partial charge in [0.15, 0.2) is 5.11 Å². The fraction of sp³-hybridized carbons (Fsp3) is 0.750. The van der Waals surface area contributed by atoms with Crippen LogP contribution in [-0.2, 0) is 0 Å². The van der Waals surface area contributed by atoms with Gasteiger partial charge < -0.3 is 5.73 Å². The van der Waals surface area contributed by atoms with E-state index in [0.29, 0.717) is 0 Å². The second-order valence-corrected chi connectivity index (χ2v) is 4.01. The van der Waals surface area contributed by atoms with E-state index in [1.54, 1.807) is 0 Å². The summed E-state index contributed by atoms with van der Waals surface area (Å²) >= 11 is 4.63. The first kappa shape index (κ1) is 9.45. The number of hydrogen-bond donors (Lipinski definition) is 2. The summed E-state index contributed by atoms with van der Waals surface area (Å²) in [6, 6.07) is 0. The van der Waals surface area contributed by atoms with E-state index in [-0.39, 0.29) is 5.11 Å². The summed E-state index contributed by atoms with van der Waals surface area (Å²) in [4.78, 5) is 0. The first-order valence-electron chi connectivity index (χ1n) is 4.20. The van der Waals surface area contributed by atoms with E-state index >= 15 is 0 Å². The van der Waals surface area contributed by atoms with Crippen LogP contribution in [0.25, 0.3) is 0 Å². The smallest absolute Gasteiger partial charge is 0.184 e. The second-order valence-electron chi connectivity index (χ2n) is 3.57. The van der Waals surface area contributed by atoms with Gasteiger partial charge in [-0.05, 0) is 36.9 Å². The molecule has 3 N–H and O–H groups in total. The van der Waals surface area contributed by atoms with Gasteiger partial charge in [0.2, 0.25) is 0 Å². The van der Waals surface area contributed by atoms with Crippen LogP contribution in [0, 0.1) is 11.8 Å². The van der Waals surface area contributed by atoms with Crippen molar-refractivity contribution in [2.75, 3.05) is 0 Å². The van der Waals surface area contributed by atoms with E-state index in [1.165, 1.54) is 5.71 Å². The van der Waals surface area contributed by atoms with Crippen LogP contribution in [0.4, 0.5) is 0 Å². The molecular weight excluding hydrogens is 170 g/mol. The average Bonchev–Trinajstić information content (AvgIpc) is 1.82. The Morgan fingerprint density at radius 2 is 2.25 bits per heavy atom. The molecule has 1 aliphatic carbocycles. The fourth-order valence-corrected chi connectivity index (χ4v) is 1.29. The fourth-order valence-electron chi connectivity index (χ4n) is 1.24. The van der Waals surface area contributed by atoms with Crippen molar-refractivity contribution in [3.8, 4) is 0 Å². The summed E-state index contributed by atoms with van der Waals surface area (Å²) in [6.45, 7) is 4.48. The third-order valence-electron chi connectivity index (χ3n) is 2.26. The summed E-state index contributed by atoms with van der Waals surface area (Å²) in [7, 11) is 0. The highest BCUT2D eigenvalue weighted by Crippen LogP contribution is 2.30. The molecule has 0 radical (unpaired) electrons. The molecule has 0 saturated heterocycles. The predicted molar refractivity (Wildman–Crippen MR) is 54.9 cm³/mol. The minimum Gasteiger partial charge on any atom is -0.375 e. The Morgan fingerprint density at radius 3 is 2.67 bits per heavy atom. The number of hydrogen-bond acceptors (Lipinski definition) is 2. The molecule has 0 aromatic carbocycles. The predicted octanol–water partition coefficient (Wildman–Crippen LogP) is 1.24. The van der Waals surface area contributed by atoms with Crippen molar-refractivity contribution in [2.24, 2.45) is 22.7 Å². The molecule has 1 aliphatic rings. The van der Waals surface area contributed by atoms with Crippen molar-refractivity contribution in [2.45, 2.75) is 26.7 Å². The maximum absolute atomic E-state index is 5.23. The van der Waals surface area contributed by atoms with Crippen LogP contribution < -0.4 is 11.2 Å². The standard InChI is InChI=1S/C8H15N3S/c1-5(2)6-3-7(4-6)10-11-8(9)12/h5-6H,3-4H2,1-2H3,(H3,9,11,12). The minimum absolute atomic E-state index is 0.246. The van der Waals surface area contributed by atoms with Crippen molar-refractivity contribution in [1.29, 1.82) is 0 Å². The van der Waals surface area contributed by atoms with E-state index in [4.69, 9.17) is 5.73 Å². The van der Waals surface area contributed by atoms with Gasteiger partial charge in [-0.2, -0.15) is 5.10 Å². The topological polar surface area (TPSA) is 50.4 Å². The zero-order valence-electron chi connectivity index (χ0n) is 7.50. The molecular formula is C8H15N3S. The van der Waals surface area contributed by atoms with E-state index < -0.39 is 0 Å². The van der Waals surface area contributed by atoms with Gasteiger partial charge in [-0.15, -0.1) is 0 Å². The number of nitrogens with one attached hydrogen (secondary N) is 1. The van der Waals surface area contributed by atoms with Crippen molar-refractivity contribution in [1.82, 2.24) is 5.43 Å². The zero-order chi connectivity index (χ0) is 9.14. The SMILES string of the molecule is CC(C)C1CC(=NNC(N)=S)C1. The van der Waals surface area contributed by atoms with Gasteiger partial charge in [-0.1, -0.05) is 13.8 Å². The summed E-state index contributed by atoms with van der Waals surface area (Å²) < 4.78 is 0. The first-order valence-corrected chi connectivity index (χ1v) is 4.61. The third-order valence-corrected chi connectivity index (χ3v) is 2.35. The molecule has 0 spiro atoms. The van der Waals surface area contributed by atoms with Crippen LogP contribution >= 0.6 is 12.2 Å². The Balaban J connectivity index is 2.24. The van der Waals surface area contributed by atoms with Gasteiger partial charge in [0.25, 0.3) is 0 Å². The molecule has 1 rings (SSSR count). The van der Waals surface area contributed by atoms with E-state index in [9.17, 15) is 0 Å². The molecule has 0 atom stereocenters. The molecule has 0 bridgehead atoms. The molecule has 0 unspecified atom stereocenters. The lowest BCUT2D eigenvalue weighted by Crippen LogP contribution is -2.32. The number of hydrazone groups is 1. The van der Waals surface area contributed by atoms with Gasteiger partial charge in [0.1, 0.15) is 0 Å². The van der Waals surface area contributed by atoms with E-state index in [1.807, 2.05) is 0 Å².